The standard InChI is InChI=1S/C12H14FNO2S/c1-6(2)11-12(15)14-8-4-7(13)9(16-3)5-10(8)17-11/h4-6,11H,1-3H3,(H,14,15). The van der Waals surface area contributed by atoms with E-state index in [2.05, 4.69) is 5.32 Å². The molecular weight excluding hydrogens is 241 g/mol. The summed E-state index contributed by atoms with van der Waals surface area (Å²) < 4.78 is 18.4. The highest BCUT2D eigenvalue weighted by Gasteiger charge is 2.30. The summed E-state index contributed by atoms with van der Waals surface area (Å²) in [6.45, 7) is 3.98. The van der Waals surface area contributed by atoms with E-state index >= 15 is 0 Å². The van der Waals surface area contributed by atoms with Gasteiger partial charge in [-0.15, -0.1) is 11.8 Å². The van der Waals surface area contributed by atoms with Gasteiger partial charge in [-0.05, 0) is 12.0 Å². The van der Waals surface area contributed by atoms with Crippen molar-refractivity contribution in [1.29, 1.82) is 0 Å². The smallest absolute Gasteiger partial charge is 0.238 e. The number of hydrogen-bond acceptors (Lipinski definition) is 3. The van der Waals surface area contributed by atoms with E-state index in [1.54, 1.807) is 6.07 Å². The molecule has 0 aromatic heterocycles. The second-order valence-electron chi connectivity index (χ2n) is 4.25. The van der Waals surface area contributed by atoms with Crippen molar-refractivity contribution >= 4 is 23.4 Å². The number of hydrogen-bond donors (Lipinski definition) is 1. The average Bonchev–Trinajstić information content (AvgIpc) is 2.27. The minimum absolute atomic E-state index is 0.0675. The van der Waals surface area contributed by atoms with Gasteiger partial charge in [0.1, 0.15) is 0 Å². The summed E-state index contributed by atoms with van der Waals surface area (Å²) in [6, 6.07) is 2.93. The maximum Gasteiger partial charge on any atom is 0.238 e. The topological polar surface area (TPSA) is 38.3 Å². The molecule has 0 saturated heterocycles. The van der Waals surface area contributed by atoms with Crippen molar-refractivity contribution in [2.45, 2.75) is 24.0 Å². The number of rotatable bonds is 2. The molecule has 1 amide bonds. The normalized spacial score (nSPS) is 18.9. The van der Waals surface area contributed by atoms with Gasteiger partial charge < -0.3 is 10.1 Å². The monoisotopic (exact) mass is 255 g/mol. The van der Waals surface area contributed by atoms with Crippen molar-refractivity contribution in [3.8, 4) is 5.75 Å². The Kier molecular flexibility index (Phi) is 3.28. The second kappa shape index (κ2) is 4.56. The Balaban J connectivity index is 2.39. The number of ether oxygens (including phenoxy) is 1. The van der Waals surface area contributed by atoms with E-state index in [1.165, 1.54) is 24.9 Å². The van der Waals surface area contributed by atoms with Gasteiger partial charge in [0, 0.05) is 11.0 Å². The zero-order chi connectivity index (χ0) is 12.6. The van der Waals surface area contributed by atoms with Gasteiger partial charge in [0.05, 0.1) is 18.0 Å². The van der Waals surface area contributed by atoms with E-state index in [0.29, 0.717) is 5.69 Å². The molecule has 0 fully saturated rings. The maximum atomic E-state index is 13.5. The second-order valence-corrected chi connectivity index (χ2v) is 5.44. The number of carbonyl (C=O) groups is 1. The quantitative estimate of drug-likeness (QED) is 0.883. The van der Waals surface area contributed by atoms with Crippen LogP contribution in [0.1, 0.15) is 13.8 Å². The van der Waals surface area contributed by atoms with Crippen LogP contribution in [-0.4, -0.2) is 18.3 Å². The summed E-state index contributed by atoms with van der Waals surface area (Å²) in [5.74, 6) is -0.101. The van der Waals surface area contributed by atoms with Crippen LogP contribution in [-0.2, 0) is 4.79 Å². The fourth-order valence-corrected chi connectivity index (χ4v) is 2.84. The van der Waals surface area contributed by atoms with E-state index in [-0.39, 0.29) is 22.8 Å². The Bertz CT molecular complexity index is 462. The Morgan fingerprint density at radius 2 is 2.18 bits per heavy atom. The predicted molar refractivity (Wildman–Crippen MR) is 66.1 cm³/mol. The zero-order valence-corrected chi connectivity index (χ0v) is 10.7. The van der Waals surface area contributed by atoms with E-state index in [4.69, 9.17) is 4.74 Å². The lowest BCUT2D eigenvalue weighted by Gasteiger charge is -2.26. The van der Waals surface area contributed by atoms with Crippen LogP contribution >= 0.6 is 11.8 Å². The third kappa shape index (κ3) is 2.24. The molecule has 1 aromatic carbocycles. The summed E-state index contributed by atoms with van der Waals surface area (Å²) >= 11 is 1.45. The van der Waals surface area contributed by atoms with Gasteiger partial charge in [-0.25, -0.2) is 4.39 Å². The highest BCUT2D eigenvalue weighted by molar-refractivity contribution is 8.01. The van der Waals surface area contributed by atoms with E-state index in [1.807, 2.05) is 13.8 Å². The number of carbonyl (C=O) groups excluding carboxylic acids is 1. The molecule has 3 nitrogen and oxygen atoms in total. The van der Waals surface area contributed by atoms with Crippen molar-refractivity contribution in [1.82, 2.24) is 0 Å². The molecule has 1 heterocycles. The van der Waals surface area contributed by atoms with Crippen LogP contribution in [0, 0.1) is 11.7 Å². The molecule has 1 aromatic rings. The summed E-state index contributed by atoms with van der Waals surface area (Å²) in [5, 5.41) is 2.59. The molecule has 17 heavy (non-hydrogen) atoms. The number of halogens is 1. The highest BCUT2D eigenvalue weighted by atomic mass is 32.2. The first-order chi connectivity index (χ1) is 8.02. The third-order valence-corrected chi connectivity index (χ3v) is 4.23. The number of methoxy groups -OCH3 is 1. The van der Waals surface area contributed by atoms with E-state index < -0.39 is 5.82 Å². The molecule has 0 bridgehead atoms. The molecule has 1 N–H and O–H groups in total. The van der Waals surface area contributed by atoms with Gasteiger partial charge in [0.2, 0.25) is 5.91 Å². The molecule has 0 saturated carbocycles. The molecule has 2 rings (SSSR count). The molecule has 5 heteroatoms. The van der Waals surface area contributed by atoms with E-state index in [0.717, 1.165) is 4.90 Å². The first kappa shape index (κ1) is 12.2. The lowest BCUT2D eigenvalue weighted by atomic mass is 10.1. The van der Waals surface area contributed by atoms with Gasteiger partial charge in [0.15, 0.2) is 11.6 Å². The van der Waals surface area contributed by atoms with Crippen molar-refractivity contribution in [3.63, 3.8) is 0 Å². The van der Waals surface area contributed by atoms with Gasteiger partial charge in [0.25, 0.3) is 0 Å². The van der Waals surface area contributed by atoms with Crippen LogP contribution in [0.15, 0.2) is 17.0 Å². The average molecular weight is 255 g/mol. The van der Waals surface area contributed by atoms with Crippen molar-refractivity contribution in [2.24, 2.45) is 5.92 Å². The number of thioether (sulfide) groups is 1. The third-order valence-electron chi connectivity index (χ3n) is 2.63. The minimum Gasteiger partial charge on any atom is -0.494 e. The van der Waals surface area contributed by atoms with Crippen LogP contribution in [0.5, 0.6) is 5.75 Å². The molecule has 1 aliphatic heterocycles. The summed E-state index contributed by atoms with van der Waals surface area (Å²) in [7, 11) is 1.43. The zero-order valence-electron chi connectivity index (χ0n) is 9.91. The number of amides is 1. The van der Waals surface area contributed by atoms with Crippen LogP contribution in [0.25, 0.3) is 0 Å². The van der Waals surface area contributed by atoms with Crippen LogP contribution in [0.2, 0.25) is 0 Å². The number of anilines is 1. The lowest BCUT2D eigenvalue weighted by molar-refractivity contribution is -0.116. The molecule has 0 radical (unpaired) electrons. The van der Waals surface area contributed by atoms with Crippen molar-refractivity contribution in [3.05, 3.63) is 17.9 Å². The molecule has 1 atom stereocenters. The molecule has 1 unspecified atom stereocenters. The molecule has 92 valence electrons. The fourth-order valence-electron chi connectivity index (χ4n) is 1.72. The van der Waals surface area contributed by atoms with Crippen LogP contribution in [0.3, 0.4) is 0 Å². The van der Waals surface area contributed by atoms with Crippen molar-refractivity contribution in [2.75, 3.05) is 12.4 Å². The Morgan fingerprint density at radius 3 is 2.76 bits per heavy atom. The summed E-state index contributed by atoms with van der Waals surface area (Å²) in [6.07, 6.45) is 0. The van der Waals surface area contributed by atoms with Gasteiger partial charge in [-0.1, -0.05) is 13.8 Å². The SMILES string of the molecule is COc1cc2c(cc1F)NC(=O)C(C(C)C)S2. The van der Waals surface area contributed by atoms with Crippen LogP contribution < -0.4 is 10.1 Å². The van der Waals surface area contributed by atoms with Gasteiger partial charge in [-0.3, -0.25) is 4.79 Å². The molecular formula is C12H14FNO2S. The Morgan fingerprint density at radius 1 is 1.47 bits per heavy atom. The number of nitrogens with one attached hydrogen (secondary N) is 1. The largest absolute Gasteiger partial charge is 0.494 e. The Labute approximate surface area is 104 Å². The maximum absolute atomic E-state index is 13.5. The first-order valence-electron chi connectivity index (χ1n) is 5.38. The summed E-state index contributed by atoms with van der Waals surface area (Å²) in [4.78, 5) is 12.6. The summed E-state index contributed by atoms with van der Waals surface area (Å²) in [5.41, 5.74) is 0.523. The lowest BCUT2D eigenvalue weighted by Crippen LogP contribution is -2.32. The minimum atomic E-state index is -0.463. The Hall–Kier alpha value is -1.23. The van der Waals surface area contributed by atoms with Gasteiger partial charge >= 0.3 is 0 Å². The number of fused-ring (bicyclic) bond motifs is 1. The highest BCUT2D eigenvalue weighted by Crippen LogP contribution is 2.41. The first-order valence-corrected chi connectivity index (χ1v) is 6.26. The molecule has 0 spiro atoms. The molecule has 1 aliphatic rings. The van der Waals surface area contributed by atoms with Crippen molar-refractivity contribution < 1.29 is 13.9 Å². The van der Waals surface area contributed by atoms with Crippen LogP contribution in [0.4, 0.5) is 10.1 Å². The van der Waals surface area contributed by atoms with Gasteiger partial charge in [-0.2, -0.15) is 0 Å². The van der Waals surface area contributed by atoms with E-state index in [9.17, 15) is 9.18 Å². The molecule has 0 aliphatic carbocycles. The fraction of sp³-hybridized carbons (Fsp3) is 0.417. The predicted octanol–water partition coefficient (Wildman–Crippen LogP) is 2.90. The number of benzene rings is 1.